The minimum absolute atomic E-state index is 0.126. The molecule has 2 aromatic carbocycles. The van der Waals surface area contributed by atoms with Crippen molar-refractivity contribution in [3.05, 3.63) is 64.1 Å². The number of carbonyl (C=O) groups excluding carboxylic acids is 1. The zero-order valence-electron chi connectivity index (χ0n) is 14.7. The SMILES string of the molecule is O=C(c1ccc(N2CCOCC2)cc1)N(Cc1cccc(Br)c1)C1CC1. The zero-order chi connectivity index (χ0) is 17.9. The summed E-state index contributed by atoms with van der Waals surface area (Å²) in [6, 6.07) is 16.6. The van der Waals surface area contributed by atoms with Gasteiger partial charge in [0.05, 0.1) is 13.2 Å². The summed E-state index contributed by atoms with van der Waals surface area (Å²) in [6.45, 7) is 4.01. The van der Waals surface area contributed by atoms with Crippen LogP contribution in [0.1, 0.15) is 28.8 Å². The van der Waals surface area contributed by atoms with Gasteiger partial charge in [0.15, 0.2) is 0 Å². The van der Waals surface area contributed by atoms with Gasteiger partial charge in [-0.2, -0.15) is 0 Å². The third kappa shape index (κ3) is 4.10. The second-order valence-electron chi connectivity index (χ2n) is 6.94. The predicted molar refractivity (Wildman–Crippen MR) is 107 cm³/mol. The Kier molecular flexibility index (Phi) is 5.27. The molecule has 0 N–H and O–H groups in total. The zero-order valence-corrected chi connectivity index (χ0v) is 16.3. The molecule has 0 bridgehead atoms. The van der Waals surface area contributed by atoms with Gasteiger partial charge in [0.25, 0.3) is 5.91 Å². The molecular weight excluding hydrogens is 392 g/mol. The smallest absolute Gasteiger partial charge is 0.254 e. The van der Waals surface area contributed by atoms with Gasteiger partial charge in [-0.15, -0.1) is 0 Å². The van der Waals surface area contributed by atoms with E-state index in [2.05, 4.69) is 45.1 Å². The first kappa shape index (κ1) is 17.6. The highest BCUT2D eigenvalue weighted by Crippen LogP contribution is 2.30. The number of anilines is 1. The van der Waals surface area contributed by atoms with Gasteiger partial charge in [-0.25, -0.2) is 0 Å². The molecule has 2 aliphatic rings. The molecule has 2 fully saturated rings. The van der Waals surface area contributed by atoms with E-state index in [1.165, 1.54) is 0 Å². The summed E-state index contributed by atoms with van der Waals surface area (Å²) in [5.74, 6) is 0.126. The van der Waals surface area contributed by atoms with E-state index in [1.807, 2.05) is 29.2 Å². The summed E-state index contributed by atoms with van der Waals surface area (Å²) >= 11 is 3.52. The second kappa shape index (κ2) is 7.80. The highest BCUT2D eigenvalue weighted by molar-refractivity contribution is 9.10. The molecule has 4 rings (SSSR count). The van der Waals surface area contributed by atoms with Crippen molar-refractivity contribution in [2.75, 3.05) is 31.2 Å². The Labute approximate surface area is 162 Å². The molecule has 0 radical (unpaired) electrons. The first-order valence-electron chi connectivity index (χ1n) is 9.19. The molecular formula is C21H23BrN2O2. The normalized spacial score (nSPS) is 17.2. The highest BCUT2D eigenvalue weighted by atomic mass is 79.9. The molecule has 4 nitrogen and oxygen atoms in total. The van der Waals surface area contributed by atoms with Crippen LogP contribution in [0.25, 0.3) is 0 Å². The first-order valence-corrected chi connectivity index (χ1v) is 9.98. The Morgan fingerprint density at radius 3 is 2.50 bits per heavy atom. The van der Waals surface area contributed by atoms with Crippen LogP contribution in [0.4, 0.5) is 5.69 Å². The topological polar surface area (TPSA) is 32.8 Å². The van der Waals surface area contributed by atoms with E-state index in [0.717, 1.165) is 60.4 Å². The fourth-order valence-corrected chi connectivity index (χ4v) is 3.83. The second-order valence-corrected chi connectivity index (χ2v) is 7.86. The Bertz CT molecular complexity index is 768. The van der Waals surface area contributed by atoms with Crippen LogP contribution in [-0.4, -0.2) is 43.2 Å². The summed E-state index contributed by atoms with van der Waals surface area (Å²) in [7, 11) is 0. The lowest BCUT2D eigenvalue weighted by atomic mass is 10.1. The Hall–Kier alpha value is -1.85. The van der Waals surface area contributed by atoms with Gasteiger partial charge in [0, 0.05) is 41.4 Å². The number of ether oxygens (including phenoxy) is 1. The van der Waals surface area contributed by atoms with Crippen LogP contribution in [0.2, 0.25) is 0 Å². The van der Waals surface area contributed by atoms with E-state index in [1.54, 1.807) is 0 Å². The molecule has 0 spiro atoms. The van der Waals surface area contributed by atoms with E-state index in [-0.39, 0.29) is 5.91 Å². The van der Waals surface area contributed by atoms with Crippen LogP contribution in [0.3, 0.4) is 0 Å². The summed E-state index contributed by atoms with van der Waals surface area (Å²) in [6.07, 6.45) is 2.21. The number of amides is 1. The molecule has 1 aliphatic heterocycles. The number of benzene rings is 2. The average molecular weight is 415 g/mol. The lowest BCUT2D eigenvalue weighted by Gasteiger charge is -2.29. The maximum absolute atomic E-state index is 13.1. The minimum Gasteiger partial charge on any atom is -0.378 e. The average Bonchev–Trinajstić information content (AvgIpc) is 3.52. The third-order valence-corrected chi connectivity index (χ3v) is 5.47. The quantitative estimate of drug-likeness (QED) is 0.738. The van der Waals surface area contributed by atoms with Crippen LogP contribution in [-0.2, 0) is 11.3 Å². The monoisotopic (exact) mass is 414 g/mol. The molecule has 26 heavy (non-hydrogen) atoms. The number of halogens is 1. The van der Waals surface area contributed by atoms with Gasteiger partial charge in [-0.1, -0.05) is 28.1 Å². The molecule has 1 amide bonds. The first-order chi connectivity index (χ1) is 12.7. The fraction of sp³-hybridized carbons (Fsp3) is 0.381. The molecule has 0 unspecified atom stereocenters. The van der Waals surface area contributed by atoms with Gasteiger partial charge >= 0.3 is 0 Å². The molecule has 1 saturated carbocycles. The van der Waals surface area contributed by atoms with E-state index >= 15 is 0 Å². The number of hydrogen-bond acceptors (Lipinski definition) is 3. The van der Waals surface area contributed by atoms with E-state index in [9.17, 15) is 4.79 Å². The summed E-state index contributed by atoms with van der Waals surface area (Å²) in [4.78, 5) is 17.4. The lowest BCUT2D eigenvalue weighted by molar-refractivity contribution is 0.0730. The van der Waals surface area contributed by atoms with Crippen LogP contribution >= 0.6 is 15.9 Å². The van der Waals surface area contributed by atoms with Crippen molar-refractivity contribution in [1.82, 2.24) is 4.90 Å². The maximum Gasteiger partial charge on any atom is 0.254 e. The number of rotatable bonds is 5. The van der Waals surface area contributed by atoms with Crippen molar-refractivity contribution in [3.8, 4) is 0 Å². The van der Waals surface area contributed by atoms with Crippen molar-refractivity contribution >= 4 is 27.5 Å². The number of nitrogens with zero attached hydrogens (tertiary/aromatic N) is 2. The number of carbonyl (C=O) groups is 1. The Morgan fingerprint density at radius 1 is 1.12 bits per heavy atom. The summed E-state index contributed by atoms with van der Waals surface area (Å²) < 4.78 is 6.46. The van der Waals surface area contributed by atoms with Crippen molar-refractivity contribution < 1.29 is 9.53 Å². The van der Waals surface area contributed by atoms with Crippen molar-refractivity contribution in [3.63, 3.8) is 0 Å². The van der Waals surface area contributed by atoms with E-state index in [0.29, 0.717) is 12.6 Å². The summed E-state index contributed by atoms with van der Waals surface area (Å²) in [5, 5.41) is 0. The molecule has 1 saturated heterocycles. The molecule has 0 atom stereocenters. The van der Waals surface area contributed by atoms with E-state index in [4.69, 9.17) is 4.74 Å². The number of hydrogen-bond donors (Lipinski definition) is 0. The van der Waals surface area contributed by atoms with Crippen molar-refractivity contribution in [2.45, 2.75) is 25.4 Å². The molecule has 136 valence electrons. The lowest BCUT2D eigenvalue weighted by Crippen LogP contribution is -2.36. The third-order valence-electron chi connectivity index (χ3n) is 4.98. The van der Waals surface area contributed by atoms with Crippen molar-refractivity contribution in [1.29, 1.82) is 0 Å². The maximum atomic E-state index is 13.1. The molecule has 2 aromatic rings. The predicted octanol–water partition coefficient (Wildman–Crippen LogP) is 4.09. The highest BCUT2D eigenvalue weighted by Gasteiger charge is 2.33. The molecule has 1 heterocycles. The Balaban J connectivity index is 1.49. The van der Waals surface area contributed by atoms with Crippen molar-refractivity contribution in [2.24, 2.45) is 0 Å². The number of morpholine rings is 1. The Morgan fingerprint density at radius 2 is 1.85 bits per heavy atom. The largest absolute Gasteiger partial charge is 0.378 e. The standard InChI is InChI=1S/C21H23BrN2O2/c22-18-3-1-2-16(14-18)15-24(20-8-9-20)21(25)17-4-6-19(7-5-17)23-10-12-26-13-11-23/h1-7,14,20H,8-13,15H2. The molecule has 5 heteroatoms. The van der Waals surface area contributed by atoms with Crippen LogP contribution in [0.15, 0.2) is 53.0 Å². The fourth-order valence-electron chi connectivity index (χ4n) is 3.39. The minimum atomic E-state index is 0.126. The summed E-state index contributed by atoms with van der Waals surface area (Å²) in [5.41, 5.74) is 3.09. The van der Waals surface area contributed by atoms with Gasteiger partial charge in [-0.3, -0.25) is 4.79 Å². The van der Waals surface area contributed by atoms with Crippen LogP contribution < -0.4 is 4.90 Å². The van der Waals surface area contributed by atoms with Gasteiger partial charge in [-0.05, 0) is 54.8 Å². The van der Waals surface area contributed by atoms with Gasteiger partial charge < -0.3 is 14.5 Å². The van der Waals surface area contributed by atoms with E-state index < -0.39 is 0 Å². The van der Waals surface area contributed by atoms with Crippen LogP contribution in [0.5, 0.6) is 0 Å². The van der Waals surface area contributed by atoms with Crippen LogP contribution in [0, 0.1) is 0 Å². The molecule has 1 aliphatic carbocycles. The van der Waals surface area contributed by atoms with Gasteiger partial charge in [0.1, 0.15) is 0 Å². The van der Waals surface area contributed by atoms with Gasteiger partial charge in [0.2, 0.25) is 0 Å². The molecule has 0 aromatic heterocycles.